The van der Waals surface area contributed by atoms with Crippen molar-refractivity contribution in [1.29, 1.82) is 0 Å². The van der Waals surface area contributed by atoms with Crippen molar-refractivity contribution in [3.8, 4) is 0 Å². The molecule has 0 saturated heterocycles. The Bertz CT molecular complexity index is 1450. The first-order valence-corrected chi connectivity index (χ1v) is 19.6. The summed E-state index contributed by atoms with van der Waals surface area (Å²) in [5.74, 6) is 1.91. The van der Waals surface area contributed by atoms with Crippen LogP contribution in [-0.4, -0.2) is 144 Å². The number of carboxylic acids is 2. The van der Waals surface area contributed by atoms with Crippen molar-refractivity contribution in [2.45, 2.75) is 115 Å². The molecule has 54 heavy (non-hydrogen) atoms. The molecule has 20 heteroatoms. The van der Waals surface area contributed by atoms with Gasteiger partial charge in [-0.1, -0.05) is 13.8 Å². The Morgan fingerprint density at radius 2 is 1.37 bits per heavy atom. The number of carbonyl (C=O) groups excluding carboxylic acids is 4. The topological polar surface area (TPSA) is 316 Å². The van der Waals surface area contributed by atoms with E-state index in [9.17, 15) is 49.2 Å². The Hall–Kier alpha value is -3.34. The number of nitrogens with one attached hydrogen (secondary N) is 5. The molecule has 0 spiro atoms. The van der Waals surface area contributed by atoms with Crippen LogP contribution in [0, 0.1) is 23.7 Å². The van der Waals surface area contributed by atoms with Crippen LogP contribution >= 0.6 is 21.9 Å². The first-order chi connectivity index (χ1) is 25.2. The van der Waals surface area contributed by atoms with Gasteiger partial charge in [-0.2, -0.15) is 0 Å². The Balaban J connectivity index is 3.14. The normalized spacial score (nSPS) is 20.1. The number of Topliss-reactive ketones (excluding diaryl/α,β-unsaturated/α-hetero) is 1. The van der Waals surface area contributed by atoms with E-state index in [1.807, 2.05) is 19.2 Å². The molecule has 1 fully saturated rings. The molecule has 14 N–H and O–H groups in total. The van der Waals surface area contributed by atoms with Crippen molar-refractivity contribution in [1.82, 2.24) is 26.6 Å². The van der Waals surface area contributed by atoms with Gasteiger partial charge in [-0.05, 0) is 76.6 Å². The fourth-order valence-corrected chi connectivity index (χ4v) is 7.13. The van der Waals surface area contributed by atoms with Crippen LogP contribution in [0.5, 0.6) is 0 Å². The number of hydrogen-bond donors (Lipinski definition) is 12. The second kappa shape index (κ2) is 23.6. The van der Waals surface area contributed by atoms with Crippen molar-refractivity contribution in [2.24, 2.45) is 35.1 Å². The summed E-state index contributed by atoms with van der Waals surface area (Å²) < 4.78 is 0. The van der Waals surface area contributed by atoms with Gasteiger partial charge in [-0.15, -0.1) is 21.9 Å². The monoisotopic (exact) mass is 805 g/mol. The van der Waals surface area contributed by atoms with Gasteiger partial charge in [0.15, 0.2) is 5.78 Å². The first-order valence-electron chi connectivity index (χ1n) is 17.7. The van der Waals surface area contributed by atoms with E-state index in [-0.39, 0.29) is 41.0 Å². The predicted octanol–water partition coefficient (Wildman–Crippen LogP) is -2.79. The number of ketones is 1. The van der Waals surface area contributed by atoms with Gasteiger partial charge in [0.25, 0.3) is 0 Å². The lowest BCUT2D eigenvalue weighted by atomic mass is 9.88. The summed E-state index contributed by atoms with van der Waals surface area (Å²) in [6.45, 7) is 7.63. The number of aliphatic hydroxyl groups is 3. The molecule has 1 aliphatic rings. The Labute approximate surface area is 322 Å². The molecule has 1 aliphatic carbocycles. The molecule has 0 aromatic carbocycles. The molecular formula is C34H59N7O11S2. The lowest BCUT2D eigenvalue weighted by molar-refractivity contribution is -0.147. The minimum absolute atomic E-state index is 0.0551. The molecule has 0 radical (unpaired) electrons. The van der Waals surface area contributed by atoms with E-state index >= 15 is 0 Å². The Kier molecular flexibility index (Phi) is 21.2. The van der Waals surface area contributed by atoms with E-state index in [0.29, 0.717) is 25.7 Å². The molecule has 1 rings (SSSR count). The van der Waals surface area contributed by atoms with Crippen LogP contribution in [0.4, 0.5) is 0 Å². The van der Waals surface area contributed by atoms with Crippen LogP contribution in [-0.2, 0) is 28.8 Å². The molecule has 0 heterocycles. The van der Waals surface area contributed by atoms with E-state index in [1.54, 1.807) is 0 Å². The number of rotatable bonds is 24. The molecule has 0 bridgehead atoms. The fraction of sp³-hybridized carbons (Fsp3) is 0.706. The van der Waals surface area contributed by atoms with Crippen molar-refractivity contribution in [2.75, 3.05) is 13.2 Å². The average Bonchev–Trinajstić information content (AvgIpc) is 3.88. The molecule has 0 aliphatic heterocycles. The number of amides is 3. The molecule has 3 amide bonds. The first kappa shape index (κ1) is 48.7. The number of nitrogens with two attached hydrogens (primary N) is 2. The van der Waals surface area contributed by atoms with Gasteiger partial charge < -0.3 is 53.0 Å². The SMILES string of the molecule is C=S=C(NC(CCCN)C(=O)NC(C(NC(CO)C(=O)NC(C)C(=O)NC(CC(=O)O)C(=O)O)=S=C)C(C)O)C(CC1CC1C(=O)C(N)C(C)O)C(C)C. The second-order valence-corrected chi connectivity index (χ2v) is 15.3. The minimum Gasteiger partial charge on any atom is -0.481 e. The smallest absolute Gasteiger partial charge is 0.326 e. The van der Waals surface area contributed by atoms with E-state index in [1.165, 1.54) is 31.7 Å². The average molecular weight is 806 g/mol. The molecule has 308 valence electrons. The summed E-state index contributed by atoms with van der Waals surface area (Å²) in [6, 6.07) is -7.47. The van der Waals surface area contributed by atoms with Crippen molar-refractivity contribution in [3.63, 3.8) is 0 Å². The zero-order chi connectivity index (χ0) is 41.4. The van der Waals surface area contributed by atoms with Gasteiger partial charge in [-0.25, -0.2) is 4.79 Å². The number of aliphatic hydroxyl groups excluding tert-OH is 3. The fourth-order valence-electron chi connectivity index (χ4n) is 5.66. The summed E-state index contributed by atoms with van der Waals surface area (Å²) in [5.41, 5.74) is 11.7. The Morgan fingerprint density at radius 3 is 1.83 bits per heavy atom. The van der Waals surface area contributed by atoms with Crippen LogP contribution in [0.15, 0.2) is 0 Å². The van der Waals surface area contributed by atoms with E-state index in [2.05, 4.69) is 33.0 Å². The standard InChI is InChI=1S/C34H59N7O11S2/c1-15(2)20(11-19-12-21(19)28(47)26(36)17(4)43)32(53-6)39-22(9-8-10-35)30(49)41-27(18(5)44)33(54-7)40-24(14-42)31(50)37-16(3)29(48)38-23(34(51)52)13-25(45)46/h15-24,26-27,39-40,42-44H,6-14,35-36H2,1-5H3,(H,37,50)(H,38,48)(H,41,49)(H,45,46)(H,51,52). The number of carboxylic acid groups (broad SMARTS) is 2. The third kappa shape index (κ3) is 15.4. The maximum absolute atomic E-state index is 13.9. The van der Waals surface area contributed by atoms with Gasteiger partial charge in [-0.3, -0.25) is 34.6 Å². The van der Waals surface area contributed by atoms with E-state index in [4.69, 9.17) is 16.6 Å². The van der Waals surface area contributed by atoms with Crippen LogP contribution in [0.25, 0.3) is 0 Å². The van der Waals surface area contributed by atoms with E-state index in [0.717, 1.165) is 15.9 Å². The maximum Gasteiger partial charge on any atom is 0.326 e. The van der Waals surface area contributed by atoms with Crippen LogP contribution in [0.2, 0.25) is 0 Å². The Morgan fingerprint density at radius 1 is 0.796 bits per heavy atom. The lowest BCUT2D eigenvalue weighted by Crippen LogP contribution is -2.61. The van der Waals surface area contributed by atoms with Gasteiger partial charge in [0.1, 0.15) is 18.1 Å². The van der Waals surface area contributed by atoms with Crippen LogP contribution in [0.3, 0.4) is 0 Å². The third-order valence-corrected chi connectivity index (χ3v) is 10.5. The highest BCUT2D eigenvalue weighted by Crippen LogP contribution is 2.45. The maximum atomic E-state index is 13.9. The number of aliphatic carboxylic acids is 2. The van der Waals surface area contributed by atoms with Crippen molar-refractivity contribution < 1.29 is 54.3 Å². The van der Waals surface area contributed by atoms with Crippen LogP contribution in [0.1, 0.15) is 66.7 Å². The molecule has 11 atom stereocenters. The van der Waals surface area contributed by atoms with Crippen molar-refractivity contribution >= 4 is 79.0 Å². The number of carbonyl (C=O) groups is 6. The van der Waals surface area contributed by atoms with Gasteiger partial charge in [0.2, 0.25) is 17.7 Å². The molecule has 1 saturated carbocycles. The molecule has 0 aromatic rings. The highest BCUT2D eigenvalue weighted by Gasteiger charge is 2.47. The number of hydrogen-bond acceptors (Lipinski definition) is 11. The molecular weight excluding hydrogens is 747 g/mol. The molecule has 0 aromatic heterocycles. The zero-order valence-corrected chi connectivity index (χ0v) is 33.1. The highest BCUT2D eigenvalue weighted by atomic mass is 32.1. The zero-order valence-electron chi connectivity index (χ0n) is 31.4. The highest BCUT2D eigenvalue weighted by molar-refractivity contribution is 7.96. The second-order valence-electron chi connectivity index (χ2n) is 13.8. The van der Waals surface area contributed by atoms with Crippen LogP contribution < -0.4 is 38.1 Å². The summed E-state index contributed by atoms with van der Waals surface area (Å²) >= 11 is 0. The van der Waals surface area contributed by atoms with Gasteiger partial charge in [0, 0.05) is 16.8 Å². The predicted molar refractivity (Wildman–Crippen MR) is 211 cm³/mol. The largest absolute Gasteiger partial charge is 0.481 e. The molecule has 11 unspecified atom stereocenters. The minimum atomic E-state index is -1.75. The summed E-state index contributed by atoms with van der Waals surface area (Å²) in [7, 11) is 2.00. The summed E-state index contributed by atoms with van der Waals surface area (Å²) in [6.07, 6.45) is -1.05. The van der Waals surface area contributed by atoms with Gasteiger partial charge >= 0.3 is 11.9 Å². The molecule has 18 nitrogen and oxygen atoms in total. The van der Waals surface area contributed by atoms with Gasteiger partial charge in [0.05, 0.1) is 48.3 Å². The quantitative estimate of drug-likeness (QED) is 0.0439. The third-order valence-electron chi connectivity index (χ3n) is 9.10. The summed E-state index contributed by atoms with van der Waals surface area (Å²) in [4.78, 5) is 75.3. The summed E-state index contributed by atoms with van der Waals surface area (Å²) in [5, 5.41) is 62.0. The van der Waals surface area contributed by atoms with E-state index < -0.39 is 91.1 Å². The van der Waals surface area contributed by atoms with Crippen molar-refractivity contribution in [3.05, 3.63) is 0 Å². The lowest BCUT2D eigenvalue weighted by Gasteiger charge is -2.30.